The zero-order valence-corrected chi connectivity index (χ0v) is 13.0. The first-order chi connectivity index (χ1) is 9.38. The molecule has 0 spiro atoms. The summed E-state index contributed by atoms with van der Waals surface area (Å²) in [6, 6.07) is 6.32. The number of carbonyl (C=O) groups excluding carboxylic acids is 1. The van der Waals surface area contributed by atoms with Crippen molar-refractivity contribution < 1.29 is 14.7 Å². The van der Waals surface area contributed by atoms with Gasteiger partial charge in [0.05, 0.1) is 5.75 Å². The number of thioether (sulfide) groups is 1. The van der Waals surface area contributed by atoms with Gasteiger partial charge in [-0.1, -0.05) is 25.4 Å². The van der Waals surface area contributed by atoms with E-state index in [1.54, 1.807) is 12.1 Å². The molecule has 1 atom stereocenters. The molecule has 4 nitrogen and oxygen atoms in total. The minimum absolute atomic E-state index is 0.184. The normalized spacial score (nSPS) is 12.2. The van der Waals surface area contributed by atoms with Gasteiger partial charge < -0.3 is 10.4 Å². The van der Waals surface area contributed by atoms with Gasteiger partial charge in [-0.05, 0) is 36.6 Å². The molecule has 0 fully saturated rings. The lowest BCUT2D eigenvalue weighted by atomic mass is 10.0. The van der Waals surface area contributed by atoms with Gasteiger partial charge in [0.25, 0.3) is 0 Å². The fourth-order valence-electron chi connectivity index (χ4n) is 1.61. The van der Waals surface area contributed by atoms with Crippen LogP contribution in [0.5, 0.6) is 0 Å². The molecule has 1 aromatic rings. The van der Waals surface area contributed by atoms with Crippen LogP contribution in [0.2, 0.25) is 5.02 Å². The molecule has 0 aromatic heterocycles. The highest BCUT2D eigenvalue weighted by Crippen LogP contribution is 2.20. The molecular formula is C14H18ClNO3S. The summed E-state index contributed by atoms with van der Waals surface area (Å²) in [7, 11) is 0. The summed E-state index contributed by atoms with van der Waals surface area (Å²) in [5.41, 5.74) is 0. The molecule has 1 amide bonds. The molecule has 1 unspecified atom stereocenters. The maximum absolute atomic E-state index is 11.8. The third kappa shape index (κ3) is 6.30. The lowest BCUT2D eigenvalue weighted by Crippen LogP contribution is -2.42. The monoisotopic (exact) mass is 315 g/mol. The number of carboxylic acid groups (broad SMARTS) is 1. The predicted molar refractivity (Wildman–Crippen MR) is 81.2 cm³/mol. The summed E-state index contributed by atoms with van der Waals surface area (Å²) in [4.78, 5) is 23.7. The van der Waals surface area contributed by atoms with Crippen molar-refractivity contribution in [3.8, 4) is 0 Å². The van der Waals surface area contributed by atoms with Crippen molar-refractivity contribution in [2.45, 2.75) is 31.2 Å². The number of amides is 1. The van der Waals surface area contributed by atoms with Crippen LogP contribution < -0.4 is 5.32 Å². The van der Waals surface area contributed by atoms with E-state index in [2.05, 4.69) is 5.32 Å². The molecule has 0 radical (unpaired) electrons. The zero-order valence-electron chi connectivity index (χ0n) is 11.4. The molecule has 0 aliphatic rings. The SMILES string of the molecule is CC(C)CC(NC(=O)CSc1ccc(Cl)cc1)C(=O)O. The smallest absolute Gasteiger partial charge is 0.326 e. The van der Waals surface area contributed by atoms with Crippen LogP contribution in [-0.2, 0) is 9.59 Å². The lowest BCUT2D eigenvalue weighted by molar-refractivity contribution is -0.141. The van der Waals surface area contributed by atoms with Gasteiger partial charge >= 0.3 is 5.97 Å². The Balaban J connectivity index is 2.45. The standard InChI is InChI=1S/C14H18ClNO3S/c1-9(2)7-12(14(18)19)16-13(17)8-20-11-5-3-10(15)4-6-11/h3-6,9,12H,7-8H2,1-2H3,(H,16,17)(H,18,19). The first-order valence-electron chi connectivity index (χ1n) is 6.29. The van der Waals surface area contributed by atoms with E-state index >= 15 is 0 Å². The van der Waals surface area contributed by atoms with Crippen molar-refractivity contribution >= 4 is 35.2 Å². The topological polar surface area (TPSA) is 66.4 Å². The number of carboxylic acids is 1. The van der Waals surface area contributed by atoms with Crippen molar-refractivity contribution in [3.05, 3.63) is 29.3 Å². The Morgan fingerprint density at radius 2 is 1.90 bits per heavy atom. The average Bonchev–Trinajstić information content (AvgIpc) is 2.36. The highest BCUT2D eigenvalue weighted by molar-refractivity contribution is 8.00. The maximum Gasteiger partial charge on any atom is 0.326 e. The Morgan fingerprint density at radius 1 is 1.30 bits per heavy atom. The molecule has 1 rings (SSSR count). The van der Waals surface area contributed by atoms with Crippen LogP contribution in [0.4, 0.5) is 0 Å². The average molecular weight is 316 g/mol. The Kier molecular flexibility index (Phi) is 6.88. The molecule has 20 heavy (non-hydrogen) atoms. The summed E-state index contributed by atoms with van der Waals surface area (Å²) < 4.78 is 0. The number of halogens is 1. The lowest BCUT2D eigenvalue weighted by Gasteiger charge is -2.16. The van der Waals surface area contributed by atoms with Crippen LogP contribution >= 0.6 is 23.4 Å². The van der Waals surface area contributed by atoms with Gasteiger partial charge in [0.1, 0.15) is 6.04 Å². The van der Waals surface area contributed by atoms with Crippen LogP contribution in [0.15, 0.2) is 29.2 Å². The zero-order chi connectivity index (χ0) is 15.1. The molecule has 6 heteroatoms. The molecule has 0 saturated carbocycles. The second-order valence-electron chi connectivity index (χ2n) is 4.83. The first kappa shape index (κ1) is 16.9. The Morgan fingerprint density at radius 3 is 2.40 bits per heavy atom. The Hall–Kier alpha value is -1.20. The van der Waals surface area contributed by atoms with Crippen LogP contribution in [0.25, 0.3) is 0 Å². The van der Waals surface area contributed by atoms with Gasteiger partial charge in [-0.15, -0.1) is 11.8 Å². The fourth-order valence-corrected chi connectivity index (χ4v) is 2.44. The van der Waals surface area contributed by atoms with Crippen LogP contribution in [0.1, 0.15) is 20.3 Å². The van der Waals surface area contributed by atoms with E-state index in [1.807, 2.05) is 26.0 Å². The van der Waals surface area contributed by atoms with E-state index in [0.29, 0.717) is 11.4 Å². The summed E-state index contributed by atoms with van der Waals surface area (Å²) in [6.45, 7) is 3.84. The number of hydrogen-bond acceptors (Lipinski definition) is 3. The second kappa shape index (κ2) is 8.17. The van der Waals surface area contributed by atoms with Gasteiger partial charge in [0.15, 0.2) is 0 Å². The van der Waals surface area contributed by atoms with Crippen molar-refractivity contribution in [2.24, 2.45) is 5.92 Å². The molecule has 0 aliphatic carbocycles. The van der Waals surface area contributed by atoms with Crippen LogP contribution in [0.3, 0.4) is 0 Å². The summed E-state index contributed by atoms with van der Waals surface area (Å²) >= 11 is 7.12. The molecule has 0 bridgehead atoms. The van der Waals surface area contributed by atoms with Gasteiger partial charge in [0.2, 0.25) is 5.91 Å². The van der Waals surface area contributed by atoms with E-state index in [1.165, 1.54) is 11.8 Å². The second-order valence-corrected chi connectivity index (χ2v) is 6.32. The predicted octanol–water partition coefficient (Wildman–Crippen LogP) is 3.05. The van der Waals surface area contributed by atoms with Gasteiger partial charge in [0, 0.05) is 9.92 Å². The summed E-state index contributed by atoms with van der Waals surface area (Å²) in [5.74, 6) is -0.884. The highest BCUT2D eigenvalue weighted by Gasteiger charge is 2.20. The number of carbonyl (C=O) groups is 2. The van der Waals surface area contributed by atoms with Crippen LogP contribution in [0, 0.1) is 5.92 Å². The summed E-state index contributed by atoms with van der Waals surface area (Å²) in [5, 5.41) is 12.2. The number of benzene rings is 1. The summed E-state index contributed by atoms with van der Waals surface area (Å²) in [6.07, 6.45) is 0.423. The van der Waals surface area contributed by atoms with E-state index < -0.39 is 12.0 Å². The number of aliphatic carboxylic acids is 1. The van der Waals surface area contributed by atoms with Gasteiger partial charge in [-0.2, -0.15) is 0 Å². The molecule has 110 valence electrons. The third-order valence-corrected chi connectivity index (χ3v) is 3.79. The van der Waals surface area contributed by atoms with E-state index in [-0.39, 0.29) is 17.6 Å². The number of hydrogen-bond donors (Lipinski definition) is 2. The molecule has 2 N–H and O–H groups in total. The Bertz CT molecular complexity index is 462. The number of rotatable bonds is 7. The minimum Gasteiger partial charge on any atom is -0.480 e. The van der Waals surface area contributed by atoms with Crippen molar-refractivity contribution in [1.82, 2.24) is 5.32 Å². The van der Waals surface area contributed by atoms with E-state index in [4.69, 9.17) is 16.7 Å². The highest BCUT2D eigenvalue weighted by atomic mass is 35.5. The third-order valence-electron chi connectivity index (χ3n) is 2.52. The van der Waals surface area contributed by atoms with E-state index in [0.717, 1.165) is 4.90 Å². The van der Waals surface area contributed by atoms with Crippen LogP contribution in [-0.4, -0.2) is 28.8 Å². The largest absolute Gasteiger partial charge is 0.480 e. The molecule has 0 aliphatic heterocycles. The van der Waals surface area contributed by atoms with Crippen molar-refractivity contribution in [2.75, 3.05) is 5.75 Å². The molecular weight excluding hydrogens is 298 g/mol. The van der Waals surface area contributed by atoms with Crippen molar-refractivity contribution in [1.29, 1.82) is 0 Å². The number of nitrogens with one attached hydrogen (secondary N) is 1. The molecule has 0 saturated heterocycles. The van der Waals surface area contributed by atoms with Gasteiger partial charge in [-0.25, -0.2) is 4.79 Å². The minimum atomic E-state index is -0.997. The van der Waals surface area contributed by atoms with Gasteiger partial charge in [-0.3, -0.25) is 4.79 Å². The first-order valence-corrected chi connectivity index (χ1v) is 7.65. The van der Waals surface area contributed by atoms with Crippen molar-refractivity contribution in [3.63, 3.8) is 0 Å². The fraction of sp³-hybridized carbons (Fsp3) is 0.429. The van der Waals surface area contributed by atoms with E-state index in [9.17, 15) is 9.59 Å². The maximum atomic E-state index is 11.8. The molecule has 0 heterocycles. The molecule has 1 aromatic carbocycles. The Labute approximate surface area is 127 Å². The quantitative estimate of drug-likeness (QED) is 0.759.